The van der Waals surface area contributed by atoms with Crippen LogP contribution in [0.2, 0.25) is 0 Å². The molecule has 0 spiro atoms. The van der Waals surface area contributed by atoms with Crippen LogP contribution in [0.1, 0.15) is 32.1 Å². The van der Waals surface area contributed by atoms with Crippen molar-refractivity contribution >= 4 is 16.9 Å². The third-order valence-corrected chi connectivity index (χ3v) is 5.46. The number of carbonyl (C=O) groups excluding carboxylic acids is 1. The van der Waals surface area contributed by atoms with Crippen molar-refractivity contribution in [1.29, 1.82) is 0 Å². The Kier molecular flexibility index (Phi) is 4.52. The second kappa shape index (κ2) is 6.93. The topological polar surface area (TPSA) is 41.4 Å². The number of piperidine rings is 2. The summed E-state index contributed by atoms with van der Waals surface area (Å²) in [7, 11) is 0. The van der Waals surface area contributed by atoms with Crippen LogP contribution in [0.3, 0.4) is 0 Å². The van der Waals surface area contributed by atoms with Crippen molar-refractivity contribution < 1.29 is 4.79 Å². The first-order valence-electron chi connectivity index (χ1n) is 9.14. The highest BCUT2D eigenvalue weighted by Crippen LogP contribution is 2.21. The number of hydrogen-bond donors (Lipinski definition) is 0. The Hall–Kier alpha value is -1.88. The zero-order valence-electron chi connectivity index (χ0n) is 14.2. The molecule has 0 unspecified atom stereocenters. The number of amides is 1. The number of pyridine rings is 1. The average Bonchev–Trinajstić information content (AvgIpc) is 3.06. The van der Waals surface area contributed by atoms with Gasteiger partial charge in [-0.05, 0) is 50.9 Å². The standard InChI is InChI=1S/C19H25N4O/c24-18(15-23-12-6-16-5-4-9-20-19(16)23)22-13-7-17(8-14-22)21-10-2-1-3-11-21/h4-5,9,12,17H,1-3,7-8,10-11,13-15H2. The number of hydrogen-bond acceptors (Lipinski definition) is 3. The minimum Gasteiger partial charge on any atom is -0.341 e. The maximum atomic E-state index is 12.6. The summed E-state index contributed by atoms with van der Waals surface area (Å²) in [5.74, 6) is 0.198. The van der Waals surface area contributed by atoms with Gasteiger partial charge < -0.3 is 14.4 Å². The molecule has 127 valence electrons. The molecule has 1 amide bonds. The van der Waals surface area contributed by atoms with Gasteiger partial charge in [-0.2, -0.15) is 0 Å². The van der Waals surface area contributed by atoms with Gasteiger partial charge >= 0.3 is 0 Å². The van der Waals surface area contributed by atoms with E-state index in [1.165, 1.54) is 32.4 Å². The van der Waals surface area contributed by atoms with Crippen molar-refractivity contribution in [2.45, 2.75) is 44.7 Å². The average molecular weight is 325 g/mol. The Morgan fingerprint density at radius 2 is 1.96 bits per heavy atom. The Morgan fingerprint density at radius 3 is 2.75 bits per heavy atom. The molecule has 0 bridgehead atoms. The van der Waals surface area contributed by atoms with Gasteiger partial charge in [-0.1, -0.05) is 6.42 Å². The van der Waals surface area contributed by atoms with Gasteiger partial charge in [0, 0.05) is 43.0 Å². The molecule has 0 aromatic carbocycles. The van der Waals surface area contributed by atoms with Crippen molar-refractivity contribution in [3.8, 4) is 0 Å². The quantitative estimate of drug-likeness (QED) is 0.869. The molecule has 1 radical (unpaired) electrons. The SMILES string of the molecule is O=C(Cn1c[c]c2cccnc21)N1CCC(N2CCCCC2)CC1. The molecule has 2 aromatic heterocycles. The molecule has 2 saturated heterocycles. The fourth-order valence-corrected chi connectivity index (χ4v) is 4.08. The maximum Gasteiger partial charge on any atom is 0.242 e. The molecule has 2 aliphatic rings. The van der Waals surface area contributed by atoms with E-state index < -0.39 is 0 Å². The van der Waals surface area contributed by atoms with Crippen molar-refractivity contribution in [3.05, 3.63) is 30.6 Å². The summed E-state index contributed by atoms with van der Waals surface area (Å²) in [6.07, 6.45) is 9.89. The molecular weight excluding hydrogens is 300 g/mol. The van der Waals surface area contributed by atoms with Gasteiger partial charge in [-0.3, -0.25) is 4.79 Å². The van der Waals surface area contributed by atoms with Gasteiger partial charge in [0.25, 0.3) is 0 Å². The zero-order chi connectivity index (χ0) is 16.4. The predicted molar refractivity (Wildman–Crippen MR) is 93.6 cm³/mol. The van der Waals surface area contributed by atoms with Crippen LogP contribution in [0.15, 0.2) is 24.5 Å². The third kappa shape index (κ3) is 3.18. The number of fused-ring (bicyclic) bond motifs is 1. The molecule has 5 heteroatoms. The van der Waals surface area contributed by atoms with Crippen LogP contribution in [0.25, 0.3) is 11.0 Å². The van der Waals surface area contributed by atoms with E-state index in [2.05, 4.69) is 16.0 Å². The highest BCUT2D eigenvalue weighted by molar-refractivity contribution is 5.80. The number of carbonyl (C=O) groups is 1. The summed E-state index contributed by atoms with van der Waals surface area (Å²) < 4.78 is 1.91. The molecule has 2 aliphatic heterocycles. The van der Waals surface area contributed by atoms with Gasteiger partial charge in [0.05, 0.1) is 0 Å². The number of rotatable bonds is 3. The van der Waals surface area contributed by atoms with Crippen molar-refractivity contribution in [2.24, 2.45) is 0 Å². The van der Waals surface area contributed by atoms with Gasteiger partial charge in [0.2, 0.25) is 5.91 Å². The minimum absolute atomic E-state index is 0.198. The predicted octanol–water partition coefficient (Wildman–Crippen LogP) is 2.31. The molecule has 24 heavy (non-hydrogen) atoms. The lowest BCUT2D eigenvalue weighted by atomic mass is 10.00. The first-order valence-corrected chi connectivity index (χ1v) is 9.14. The number of aromatic nitrogens is 2. The molecule has 0 saturated carbocycles. The second-order valence-corrected chi connectivity index (χ2v) is 6.98. The third-order valence-electron chi connectivity index (χ3n) is 5.46. The van der Waals surface area contributed by atoms with Gasteiger partial charge in [0.1, 0.15) is 12.2 Å². The fourth-order valence-electron chi connectivity index (χ4n) is 4.08. The maximum absolute atomic E-state index is 12.6. The van der Waals surface area contributed by atoms with Crippen LogP contribution in [0.5, 0.6) is 0 Å². The van der Waals surface area contributed by atoms with E-state index in [4.69, 9.17) is 0 Å². The van der Waals surface area contributed by atoms with Gasteiger partial charge in [0.15, 0.2) is 0 Å². The largest absolute Gasteiger partial charge is 0.341 e. The molecule has 2 aromatic rings. The first-order chi connectivity index (χ1) is 11.8. The number of nitrogens with zero attached hydrogens (tertiary/aromatic N) is 4. The molecule has 0 atom stereocenters. The van der Waals surface area contributed by atoms with Crippen LogP contribution < -0.4 is 0 Å². The van der Waals surface area contributed by atoms with E-state index in [-0.39, 0.29) is 5.91 Å². The van der Waals surface area contributed by atoms with Crippen LogP contribution in [0.4, 0.5) is 0 Å². The Bertz CT molecular complexity index is 696. The molecule has 0 aliphatic carbocycles. The van der Waals surface area contributed by atoms with Crippen LogP contribution in [-0.2, 0) is 11.3 Å². The minimum atomic E-state index is 0.198. The fraction of sp³-hybridized carbons (Fsp3) is 0.579. The van der Waals surface area contributed by atoms with Gasteiger partial charge in [-0.25, -0.2) is 4.98 Å². The summed E-state index contributed by atoms with van der Waals surface area (Å²) in [6, 6.07) is 7.73. The van der Waals surface area contributed by atoms with Crippen molar-refractivity contribution in [2.75, 3.05) is 26.2 Å². The highest BCUT2D eigenvalue weighted by Gasteiger charge is 2.27. The Labute approximate surface area is 143 Å². The molecule has 0 N–H and O–H groups in total. The Morgan fingerprint density at radius 1 is 1.17 bits per heavy atom. The van der Waals surface area contributed by atoms with E-state index in [1.54, 1.807) is 6.20 Å². The summed E-state index contributed by atoms with van der Waals surface area (Å²) >= 11 is 0. The van der Waals surface area contributed by atoms with E-state index in [1.807, 2.05) is 27.8 Å². The molecule has 5 nitrogen and oxygen atoms in total. The number of likely N-dealkylation sites (tertiary alicyclic amines) is 2. The first kappa shape index (κ1) is 15.6. The summed E-state index contributed by atoms with van der Waals surface area (Å²) in [4.78, 5) is 21.7. The van der Waals surface area contributed by atoms with E-state index in [0.717, 1.165) is 37.0 Å². The normalized spacial score (nSPS) is 20.6. The van der Waals surface area contributed by atoms with Crippen LogP contribution in [-0.4, -0.2) is 57.5 Å². The van der Waals surface area contributed by atoms with Crippen LogP contribution in [0, 0.1) is 6.07 Å². The van der Waals surface area contributed by atoms with Crippen LogP contribution >= 0.6 is 0 Å². The van der Waals surface area contributed by atoms with Crippen molar-refractivity contribution in [3.63, 3.8) is 0 Å². The summed E-state index contributed by atoms with van der Waals surface area (Å²) in [6.45, 7) is 4.63. The zero-order valence-corrected chi connectivity index (χ0v) is 14.2. The monoisotopic (exact) mass is 325 g/mol. The highest BCUT2D eigenvalue weighted by atomic mass is 16.2. The van der Waals surface area contributed by atoms with E-state index in [0.29, 0.717) is 12.6 Å². The van der Waals surface area contributed by atoms with E-state index in [9.17, 15) is 4.79 Å². The van der Waals surface area contributed by atoms with Gasteiger partial charge in [-0.15, -0.1) is 0 Å². The van der Waals surface area contributed by atoms with Crippen molar-refractivity contribution in [1.82, 2.24) is 19.4 Å². The lowest BCUT2D eigenvalue weighted by Gasteiger charge is -2.40. The lowest BCUT2D eigenvalue weighted by Crippen LogP contribution is -2.48. The molecule has 4 heterocycles. The van der Waals surface area contributed by atoms with E-state index >= 15 is 0 Å². The summed E-state index contributed by atoms with van der Waals surface area (Å²) in [5, 5.41) is 0.967. The second-order valence-electron chi connectivity index (χ2n) is 6.98. The Balaban J connectivity index is 1.34. The summed E-state index contributed by atoms with van der Waals surface area (Å²) in [5.41, 5.74) is 0.842. The smallest absolute Gasteiger partial charge is 0.242 e. The molecular formula is C19H25N4O. The molecule has 4 rings (SSSR count). The molecule has 2 fully saturated rings. The lowest BCUT2D eigenvalue weighted by molar-refractivity contribution is -0.133.